The van der Waals surface area contributed by atoms with E-state index >= 15 is 0 Å². The first-order valence-electron chi connectivity index (χ1n) is 9.24. The Balaban J connectivity index is 1.53. The number of hydrogen-bond acceptors (Lipinski definition) is 3. The van der Waals surface area contributed by atoms with Gasteiger partial charge in [0.25, 0.3) is 5.91 Å². The lowest BCUT2D eigenvalue weighted by molar-refractivity contribution is 0.0734. The molecule has 0 bridgehead atoms. The number of amides is 1. The second-order valence-corrected chi connectivity index (χ2v) is 7.21. The van der Waals surface area contributed by atoms with Crippen LogP contribution >= 0.6 is 0 Å². The third-order valence-electron chi connectivity index (χ3n) is 5.36. The van der Waals surface area contributed by atoms with Gasteiger partial charge in [-0.15, -0.1) is 0 Å². The van der Waals surface area contributed by atoms with Crippen molar-refractivity contribution >= 4 is 5.91 Å². The van der Waals surface area contributed by atoms with Crippen molar-refractivity contribution in [3.8, 4) is 11.4 Å². The predicted octanol–water partition coefficient (Wildman–Crippen LogP) is 3.21. The van der Waals surface area contributed by atoms with E-state index in [9.17, 15) is 4.79 Å². The highest BCUT2D eigenvalue weighted by Crippen LogP contribution is 2.24. The Bertz CT molecular complexity index is 935. The van der Waals surface area contributed by atoms with Crippen LogP contribution in [-0.4, -0.2) is 52.4 Å². The number of benzene rings is 2. The second kappa shape index (κ2) is 7.37. The Hall–Kier alpha value is -2.92. The molecule has 1 aliphatic rings. The number of rotatable bonds is 4. The number of nitrogens with zero attached hydrogens (tertiary/aromatic N) is 3. The van der Waals surface area contributed by atoms with Crippen molar-refractivity contribution in [3.63, 3.8) is 0 Å². The lowest BCUT2D eigenvalue weighted by Gasteiger charge is -2.36. The van der Waals surface area contributed by atoms with E-state index in [1.54, 1.807) is 12.4 Å². The molecule has 1 atom stereocenters. The fourth-order valence-corrected chi connectivity index (χ4v) is 3.82. The molecule has 0 radical (unpaired) electrons. The van der Waals surface area contributed by atoms with Gasteiger partial charge in [-0.3, -0.25) is 9.69 Å². The quantitative estimate of drug-likeness (QED) is 0.777. The topological polar surface area (TPSA) is 52.2 Å². The average molecular weight is 360 g/mol. The van der Waals surface area contributed by atoms with Gasteiger partial charge in [0.05, 0.1) is 5.56 Å². The maximum Gasteiger partial charge on any atom is 0.254 e. The molecule has 1 amide bonds. The molecular weight excluding hydrogens is 336 g/mol. The monoisotopic (exact) mass is 360 g/mol. The summed E-state index contributed by atoms with van der Waals surface area (Å²) in [5.74, 6) is 0.741. The van der Waals surface area contributed by atoms with Gasteiger partial charge in [-0.05, 0) is 30.7 Å². The summed E-state index contributed by atoms with van der Waals surface area (Å²) in [5.41, 5.74) is 4.28. The molecule has 1 N–H and O–H groups in total. The average Bonchev–Trinajstić information content (AvgIpc) is 3.22. The Morgan fingerprint density at radius 3 is 2.70 bits per heavy atom. The van der Waals surface area contributed by atoms with Gasteiger partial charge in [-0.25, -0.2) is 4.98 Å². The molecule has 5 nitrogen and oxygen atoms in total. The van der Waals surface area contributed by atoms with Crippen molar-refractivity contribution in [2.45, 2.75) is 19.0 Å². The number of aromatic amines is 1. The van der Waals surface area contributed by atoms with Gasteiger partial charge in [0.1, 0.15) is 5.82 Å². The van der Waals surface area contributed by atoms with Crippen LogP contribution in [0.4, 0.5) is 0 Å². The van der Waals surface area contributed by atoms with Gasteiger partial charge in [0.2, 0.25) is 0 Å². The molecule has 2 aromatic carbocycles. The van der Waals surface area contributed by atoms with Crippen molar-refractivity contribution in [3.05, 3.63) is 77.6 Å². The third kappa shape index (κ3) is 3.51. The molecule has 0 saturated heterocycles. The SMILES string of the molecule is CN(C[C@H]1Cc2ccccc2CN1C)C(=O)c1ccccc1-c1ncc[nH]1. The van der Waals surface area contributed by atoms with E-state index in [0.717, 1.165) is 24.4 Å². The van der Waals surface area contributed by atoms with E-state index in [0.29, 0.717) is 18.2 Å². The molecule has 1 aromatic heterocycles. The molecule has 0 unspecified atom stereocenters. The molecule has 3 aromatic rings. The molecule has 0 aliphatic carbocycles. The largest absolute Gasteiger partial charge is 0.345 e. The van der Waals surface area contributed by atoms with Crippen molar-refractivity contribution in [1.82, 2.24) is 19.8 Å². The minimum atomic E-state index is 0.0225. The van der Waals surface area contributed by atoms with Crippen LogP contribution in [0.2, 0.25) is 0 Å². The number of carbonyl (C=O) groups excluding carboxylic acids is 1. The van der Waals surface area contributed by atoms with E-state index in [4.69, 9.17) is 0 Å². The number of likely N-dealkylation sites (N-methyl/N-ethyl adjacent to an activating group) is 2. The molecule has 0 saturated carbocycles. The number of hydrogen-bond donors (Lipinski definition) is 1. The maximum absolute atomic E-state index is 13.2. The summed E-state index contributed by atoms with van der Waals surface area (Å²) in [6, 6.07) is 16.5. The first kappa shape index (κ1) is 17.5. The third-order valence-corrected chi connectivity index (χ3v) is 5.36. The van der Waals surface area contributed by atoms with E-state index in [-0.39, 0.29) is 5.91 Å². The summed E-state index contributed by atoms with van der Waals surface area (Å²) in [6.45, 7) is 1.61. The Morgan fingerprint density at radius 2 is 1.93 bits per heavy atom. The highest BCUT2D eigenvalue weighted by molar-refractivity contribution is 6.00. The summed E-state index contributed by atoms with van der Waals surface area (Å²) >= 11 is 0. The highest BCUT2D eigenvalue weighted by atomic mass is 16.2. The highest BCUT2D eigenvalue weighted by Gasteiger charge is 2.26. The van der Waals surface area contributed by atoms with E-state index in [2.05, 4.69) is 46.2 Å². The number of fused-ring (bicyclic) bond motifs is 1. The molecule has 0 fully saturated rings. The van der Waals surface area contributed by atoms with Gasteiger partial charge in [0, 0.05) is 44.1 Å². The fourth-order valence-electron chi connectivity index (χ4n) is 3.82. The maximum atomic E-state index is 13.2. The second-order valence-electron chi connectivity index (χ2n) is 7.21. The molecule has 4 rings (SSSR count). The van der Waals surface area contributed by atoms with Gasteiger partial charge in [-0.1, -0.05) is 42.5 Å². The summed E-state index contributed by atoms with van der Waals surface area (Å²) in [4.78, 5) is 24.7. The first-order chi connectivity index (χ1) is 13.1. The van der Waals surface area contributed by atoms with Crippen molar-refractivity contribution in [1.29, 1.82) is 0 Å². The van der Waals surface area contributed by atoms with E-state index < -0.39 is 0 Å². The number of carbonyl (C=O) groups is 1. The summed E-state index contributed by atoms with van der Waals surface area (Å²) in [6.07, 6.45) is 4.44. The first-order valence-corrected chi connectivity index (χ1v) is 9.24. The molecule has 1 aliphatic heterocycles. The van der Waals surface area contributed by atoms with Crippen LogP contribution in [0.5, 0.6) is 0 Å². The Labute approximate surface area is 159 Å². The van der Waals surface area contributed by atoms with Gasteiger partial charge < -0.3 is 9.88 Å². The molecule has 27 heavy (non-hydrogen) atoms. The molecule has 0 spiro atoms. The van der Waals surface area contributed by atoms with Crippen molar-refractivity contribution in [2.24, 2.45) is 0 Å². The van der Waals surface area contributed by atoms with E-state index in [1.165, 1.54) is 11.1 Å². The normalized spacial score (nSPS) is 16.7. The molecular formula is C22H24N4O. The van der Waals surface area contributed by atoms with Crippen molar-refractivity contribution in [2.75, 3.05) is 20.6 Å². The summed E-state index contributed by atoms with van der Waals surface area (Å²) < 4.78 is 0. The smallest absolute Gasteiger partial charge is 0.254 e. The predicted molar refractivity (Wildman–Crippen MR) is 106 cm³/mol. The zero-order chi connectivity index (χ0) is 18.8. The van der Waals surface area contributed by atoms with Crippen LogP contribution in [-0.2, 0) is 13.0 Å². The lowest BCUT2D eigenvalue weighted by Crippen LogP contribution is -2.46. The number of nitrogens with one attached hydrogen (secondary N) is 1. The Morgan fingerprint density at radius 1 is 1.19 bits per heavy atom. The lowest BCUT2D eigenvalue weighted by atomic mass is 9.94. The summed E-state index contributed by atoms with van der Waals surface area (Å²) in [5, 5.41) is 0. The molecule has 2 heterocycles. The molecule has 5 heteroatoms. The van der Waals surface area contributed by atoms with Gasteiger partial charge >= 0.3 is 0 Å². The fraction of sp³-hybridized carbons (Fsp3) is 0.273. The van der Waals surface area contributed by atoms with Crippen molar-refractivity contribution < 1.29 is 4.79 Å². The van der Waals surface area contributed by atoms with Crippen LogP contribution in [0.3, 0.4) is 0 Å². The Kier molecular flexibility index (Phi) is 4.77. The standard InChI is InChI=1S/C22H24N4O/c1-25-14-17-8-4-3-7-16(17)13-18(25)15-26(2)22(27)20-10-6-5-9-19(20)21-23-11-12-24-21/h3-12,18H,13-15H2,1-2H3,(H,23,24)/t18-/m1/s1. The van der Waals surface area contributed by atoms with E-state index in [1.807, 2.05) is 36.2 Å². The number of aromatic nitrogens is 2. The van der Waals surface area contributed by atoms with Crippen LogP contribution < -0.4 is 0 Å². The number of imidazole rings is 1. The van der Waals surface area contributed by atoms with Crippen LogP contribution in [0.15, 0.2) is 60.9 Å². The zero-order valence-corrected chi connectivity index (χ0v) is 15.7. The van der Waals surface area contributed by atoms with Gasteiger partial charge in [0.15, 0.2) is 0 Å². The van der Waals surface area contributed by atoms with Crippen LogP contribution in [0.1, 0.15) is 21.5 Å². The zero-order valence-electron chi connectivity index (χ0n) is 15.7. The van der Waals surface area contributed by atoms with Crippen LogP contribution in [0, 0.1) is 0 Å². The van der Waals surface area contributed by atoms with Gasteiger partial charge in [-0.2, -0.15) is 0 Å². The minimum absolute atomic E-state index is 0.0225. The number of H-pyrrole nitrogens is 1. The minimum Gasteiger partial charge on any atom is -0.345 e. The molecule has 138 valence electrons. The van der Waals surface area contributed by atoms with Crippen LogP contribution in [0.25, 0.3) is 11.4 Å². The summed E-state index contributed by atoms with van der Waals surface area (Å²) in [7, 11) is 4.02.